The van der Waals surface area contributed by atoms with E-state index in [4.69, 9.17) is 5.73 Å². The highest BCUT2D eigenvalue weighted by Crippen LogP contribution is 2.39. The van der Waals surface area contributed by atoms with Crippen molar-refractivity contribution in [3.05, 3.63) is 11.4 Å². The van der Waals surface area contributed by atoms with E-state index in [1.807, 2.05) is 6.26 Å². The van der Waals surface area contributed by atoms with Crippen LogP contribution in [-0.2, 0) is 4.74 Å². The Morgan fingerprint density at radius 3 is 2.69 bits per heavy atom. The van der Waals surface area contributed by atoms with Crippen LogP contribution < -0.4 is 5.73 Å². The number of anilines is 1. The minimum atomic E-state index is -0.482. The number of ether oxygens (including phenoxy) is 1. The van der Waals surface area contributed by atoms with Crippen LogP contribution in [0.5, 0.6) is 0 Å². The van der Waals surface area contributed by atoms with Gasteiger partial charge in [-0.25, -0.2) is 14.8 Å². The number of carbonyl (C=O) groups is 1. The summed E-state index contributed by atoms with van der Waals surface area (Å²) >= 11 is 1.38. The lowest BCUT2D eigenvalue weighted by molar-refractivity contribution is 0.0596. The number of carbonyl (C=O) groups excluding carboxylic acids is 1. The maximum absolute atomic E-state index is 11.5. The first kappa shape index (κ1) is 11.2. The fourth-order valence-electron chi connectivity index (χ4n) is 1.44. The summed E-state index contributed by atoms with van der Waals surface area (Å²) < 4.78 is 4.66. The van der Waals surface area contributed by atoms with Crippen LogP contribution in [0.1, 0.15) is 34.9 Å². The molecule has 0 saturated heterocycles. The zero-order valence-corrected chi connectivity index (χ0v) is 10.0. The second kappa shape index (κ2) is 4.29. The van der Waals surface area contributed by atoms with Crippen molar-refractivity contribution in [2.24, 2.45) is 0 Å². The van der Waals surface area contributed by atoms with Crippen molar-refractivity contribution in [2.75, 3.05) is 19.1 Å². The number of hydrogen-bond donors (Lipinski definition) is 1. The van der Waals surface area contributed by atoms with Crippen LogP contribution in [0, 0.1) is 0 Å². The van der Waals surface area contributed by atoms with Gasteiger partial charge in [0.15, 0.2) is 0 Å². The molecule has 2 N–H and O–H groups in total. The van der Waals surface area contributed by atoms with Crippen LogP contribution in [-0.4, -0.2) is 29.3 Å². The first-order valence-corrected chi connectivity index (χ1v) is 6.19. The van der Waals surface area contributed by atoms with Crippen molar-refractivity contribution in [1.82, 2.24) is 9.97 Å². The fourth-order valence-corrected chi connectivity index (χ4v) is 2.02. The van der Waals surface area contributed by atoms with E-state index in [2.05, 4.69) is 14.7 Å². The molecule has 1 aliphatic carbocycles. The van der Waals surface area contributed by atoms with Crippen LogP contribution in [0.3, 0.4) is 0 Å². The van der Waals surface area contributed by atoms with Gasteiger partial charge in [0, 0.05) is 5.92 Å². The molecule has 1 aliphatic rings. The molecule has 0 aromatic carbocycles. The highest BCUT2D eigenvalue weighted by atomic mass is 32.2. The highest BCUT2D eigenvalue weighted by Gasteiger charge is 2.29. The number of nitrogen functional groups attached to an aromatic ring is 1. The van der Waals surface area contributed by atoms with Crippen LogP contribution in [0.25, 0.3) is 0 Å². The van der Waals surface area contributed by atoms with Gasteiger partial charge in [-0.1, -0.05) is 0 Å². The molecular formula is C10H13N3O2S. The maximum Gasteiger partial charge on any atom is 0.344 e. The van der Waals surface area contributed by atoms with Crippen molar-refractivity contribution in [2.45, 2.75) is 23.8 Å². The normalized spacial score (nSPS) is 14.9. The van der Waals surface area contributed by atoms with E-state index >= 15 is 0 Å². The molecule has 86 valence electrons. The minimum Gasteiger partial charge on any atom is -0.465 e. The van der Waals surface area contributed by atoms with Gasteiger partial charge in [0.25, 0.3) is 0 Å². The molecule has 0 aliphatic heterocycles. The summed E-state index contributed by atoms with van der Waals surface area (Å²) in [5, 5.41) is 0.598. The van der Waals surface area contributed by atoms with Gasteiger partial charge in [-0.15, -0.1) is 11.8 Å². The zero-order valence-electron chi connectivity index (χ0n) is 9.19. The molecule has 1 saturated carbocycles. The molecule has 0 radical (unpaired) electrons. The smallest absolute Gasteiger partial charge is 0.344 e. The van der Waals surface area contributed by atoms with Crippen LogP contribution in [0.15, 0.2) is 5.03 Å². The first-order chi connectivity index (χ1) is 7.67. The lowest BCUT2D eigenvalue weighted by Gasteiger charge is -2.09. The molecule has 5 nitrogen and oxygen atoms in total. The molecule has 0 unspecified atom stereocenters. The van der Waals surface area contributed by atoms with Gasteiger partial charge >= 0.3 is 5.97 Å². The summed E-state index contributed by atoms with van der Waals surface area (Å²) in [5.74, 6) is 0.895. The number of esters is 1. The standard InChI is InChI=1S/C10H13N3O2S/c1-15-10(14)6-7(11)12-8(5-3-4-5)13-9(6)16-2/h5H,3-4H2,1-2H3,(H2,11,12,13). The molecule has 1 heterocycles. The fraction of sp³-hybridized carbons (Fsp3) is 0.500. The van der Waals surface area contributed by atoms with E-state index in [0.29, 0.717) is 10.9 Å². The van der Waals surface area contributed by atoms with Crippen LogP contribution in [0.4, 0.5) is 5.82 Å². The Labute approximate surface area is 97.8 Å². The summed E-state index contributed by atoms with van der Waals surface area (Å²) in [4.78, 5) is 20.0. The maximum atomic E-state index is 11.5. The second-order valence-electron chi connectivity index (χ2n) is 3.62. The van der Waals surface area contributed by atoms with Crippen molar-refractivity contribution >= 4 is 23.5 Å². The number of thioether (sulfide) groups is 1. The van der Waals surface area contributed by atoms with E-state index in [1.165, 1.54) is 18.9 Å². The van der Waals surface area contributed by atoms with Gasteiger partial charge in [-0.3, -0.25) is 0 Å². The molecule has 1 fully saturated rings. The Kier molecular flexibility index (Phi) is 3.00. The third kappa shape index (κ3) is 1.97. The quantitative estimate of drug-likeness (QED) is 0.488. The molecule has 6 heteroatoms. The molecule has 0 amide bonds. The zero-order chi connectivity index (χ0) is 11.7. The number of rotatable bonds is 3. The Hall–Kier alpha value is -1.30. The highest BCUT2D eigenvalue weighted by molar-refractivity contribution is 7.98. The summed E-state index contributed by atoms with van der Waals surface area (Å²) in [6, 6.07) is 0. The lowest BCUT2D eigenvalue weighted by atomic mass is 10.3. The van der Waals surface area contributed by atoms with E-state index < -0.39 is 5.97 Å². The van der Waals surface area contributed by atoms with Crippen molar-refractivity contribution in [3.8, 4) is 0 Å². The predicted molar refractivity (Wildman–Crippen MR) is 61.5 cm³/mol. The third-order valence-corrected chi connectivity index (χ3v) is 3.13. The molecule has 16 heavy (non-hydrogen) atoms. The Balaban J connectivity index is 2.47. The topological polar surface area (TPSA) is 78.1 Å². The first-order valence-electron chi connectivity index (χ1n) is 4.97. The number of aromatic nitrogens is 2. The Morgan fingerprint density at radius 2 is 2.19 bits per heavy atom. The molecule has 1 aromatic rings. The lowest BCUT2D eigenvalue weighted by Crippen LogP contribution is -2.12. The van der Waals surface area contributed by atoms with E-state index in [-0.39, 0.29) is 11.4 Å². The van der Waals surface area contributed by atoms with Crippen molar-refractivity contribution in [3.63, 3.8) is 0 Å². The Morgan fingerprint density at radius 1 is 1.50 bits per heavy atom. The van der Waals surface area contributed by atoms with E-state index in [1.54, 1.807) is 0 Å². The molecule has 0 atom stereocenters. The third-order valence-electron chi connectivity index (χ3n) is 2.45. The van der Waals surface area contributed by atoms with Gasteiger partial charge in [0.05, 0.1) is 7.11 Å². The monoisotopic (exact) mass is 239 g/mol. The summed E-state index contributed by atoms with van der Waals surface area (Å²) in [7, 11) is 1.32. The number of methoxy groups -OCH3 is 1. The molecule has 1 aromatic heterocycles. The van der Waals surface area contributed by atoms with Crippen LogP contribution in [0.2, 0.25) is 0 Å². The summed E-state index contributed by atoms with van der Waals surface area (Å²) in [6.07, 6.45) is 4.06. The van der Waals surface area contributed by atoms with Gasteiger partial charge in [0.2, 0.25) is 0 Å². The molecule has 0 bridgehead atoms. The van der Waals surface area contributed by atoms with E-state index in [0.717, 1.165) is 18.7 Å². The van der Waals surface area contributed by atoms with Crippen molar-refractivity contribution < 1.29 is 9.53 Å². The largest absolute Gasteiger partial charge is 0.465 e. The van der Waals surface area contributed by atoms with Gasteiger partial charge in [-0.05, 0) is 19.1 Å². The summed E-state index contributed by atoms with van der Waals surface area (Å²) in [6.45, 7) is 0. The van der Waals surface area contributed by atoms with Crippen molar-refractivity contribution in [1.29, 1.82) is 0 Å². The predicted octanol–water partition coefficient (Wildman–Crippen LogP) is 1.44. The van der Waals surface area contributed by atoms with Gasteiger partial charge in [0.1, 0.15) is 22.2 Å². The molecule has 0 spiro atoms. The number of nitrogens with two attached hydrogens (primary N) is 1. The minimum absolute atomic E-state index is 0.216. The Bertz CT molecular complexity index is 432. The SMILES string of the molecule is COC(=O)c1c(N)nc(C2CC2)nc1SC. The van der Waals surface area contributed by atoms with Crippen LogP contribution >= 0.6 is 11.8 Å². The average molecular weight is 239 g/mol. The molecule has 2 rings (SSSR count). The van der Waals surface area contributed by atoms with E-state index in [9.17, 15) is 4.79 Å². The molecular weight excluding hydrogens is 226 g/mol. The number of hydrogen-bond acceptors (Lipinski definition) is 6. The second-order valence-corrected chi connectivity index (χ2v) is 4.41. The average Bonchev–Trinajstić information content (AvgIpc) is 3.10. The van der Waals surface area contributed by atoms with Gasteiger partial charge < -0.3 is 10.5 Å². The number of nitrogens with zero attached hydrogens (tertiary/aromatic N) is 2. The van der Waals surface area contributed by atoms with Gasteiger partial charge in [-0.2, -0.15) is 0 Å². The summed E-state index contributed by atoms with van der Waals surface area (Å²) in [5.41, 5.74) is 6.05.